The number of rotatable bonds is 3. The molecule has 1 saturated heterocycles. The summed E-state index contributed by atoms with van der Waals surface area (Å²) in [6, 6.07) is 8.15. The average Bonchev–Trinajstić information content (AvgIpc) is 3.09. The van der Waals surface area contributed by atoms with Gasteiger partial charge in [0, 0.05) is 25.2 Å². The molecule has 2 heterocycles. The average molecular weight is 317 g/mol. The van der Waals surface area contributed by atoms with E-state index >= 15 is 0 Å². The Morgan fingerprint density at radius 3 is 2.91 bits per heavy atom. The lowest BCUT2D eigenvalue weighted by atomic mass is 10.0. The number of aromatic nitrogens is 1. The van der Waals surface area contributed by atoms with Crippen LogP contribution in [0, 0.1) is 0 Å². The third-order valence-corrected chi connectivity index (χ3v) is 4.84. The number of methoxy groups -OCH3 is 1. The Labute approximate surface area is 134 Å². The normalized spacial score (nSPS) is 19.2. The van der Waals surface area contributed by atoms with Crippen LogP contribution in [0.1, 0.15) is 21.3 Å². The number of piperazine rings is 1. The molecule has 1 aromatic heterocycles. The highest BCUT2D eigenvalue weighted by Gasteiger charge is 2.30. The summed E-state index contributed by atoms with van der Waals surface area (Å²) in [6.45, 7) is 2.24. The largest absolute Gasteiger partial charge is 0.496 e. The Bertz CT molecular complexity index is 645. The van der Waals surface area contributed by atoms with Gasteiger partial charge in [0.1, 0.15) is 10.6 Å². The molecule has 0 bridgehead atoms. The summed E-state index contributed by atoms with van der Waals surface area (Å²) in [7, 11) is 3.77. The van der Waals surface area contributed by atoms with E-state index in [0.29, 0.717) is 11.4 Å². The number of ether oxygens (including phenoxy) is 1. The van der Waals surface area contributed by atoms with Crippen LogP contribution < -0.4 is 4.74 Å². The molecule has 3 rings (SSSR count). The number of para-hydroxylation sites is 1. The zero-order chi connectivity index (χ0) is 15.5. The summed E-state index contributed by atoms with van der Waals surface area (Å²) in [6.07, 6.45) is 1.64. The molecule has 6 heteroatoms. The van der Waals surface area contributed by atoms with Gasteiger partial charge in [-0.3, -0.25) is 14.7 Å². The molecule has 5 nitrogen and oxygen atoms in total. The van der Waals surface area contributed by atoms with E-state index in [1.165, 1.54) is 11.3 Å². The van der Waals surface area contributed by atoms with Gasteiger partial charge in [0.15, 0.2) is 0 Å². The highest BCUT2D eigenvalue weighted by molar-refractivity contribution is 7.11. The monoisotopic (exact) mass is 317 g/mol. The SMILES string of the molecule is COc1ccccc1[C@@H]1CN(C(=O)c2cncs2)CCN1C. The molecular formula is C16H19N3O2S. The van der Waals surface area contributed by atoms with Gasteiger partial charge in [0.05, 0.1) is 24.9 Å². The fourth-order valence-corrected chi connectivity index (χ4v) is 3.40. The van der Waals surface area contributed by atoms with Crippen molar-refractivity contribution in [2.75, 3.05) is 33.8 Å². The molecule has 0 unspecified atom stereocenters. The standard InChI is InChI=1S/C16H19N3O2S/c1-18-7-8-19(16(20)15-9-17-11-22-15)10-13(18)12-5-3-4-6-14(12)21-2/h3-6,9,11,13H,7-8,10H2,1-2H3/t13-/m0/s1. The van der Waals surface area contributed by atoms with E-state index in [1.807, 2.05) is 23.1 Å². The lowest BCUT2D eigenvalue weighted by Crippen LogP contribution is -2.48. The fourth-order valence-electron chi connectivity index (χ4n) is 2.81. The van der Waals surface area contributed by atoms with E-state index in [9.17, 15) is 4.79 Å². The summed E-state index contributed by atoms with van der Waals surface area (Å²) < 4.78 is 5.48. The lowest BCUT2D eigenvalue weighted by Gasteiger charge is -2.39. The fraction of sp³-hybridized carbons (Fsp3) is 0.375. The first-order valence-electron chi connectivity index (χ1n) is 7.21. The quantitative estimate of drug-likeness (QED) is 0.871. The van der Waals surface area contributed by atoms with Crippen molar-refractivity contribution in [3.8, 4) is 5.75 Å². The first kappa shape index (κ1) is 15.0. The molecule has 1 aliphatic rings. The van der Waals surface area contributed by atoms with Crippen molar-refractivity contribution in [3.63, 3.8) is 0 Å². The number of amides is 1. The predicted molar refractivity (Wildman–Crippen MR) is 86.4 cm³/mol. The van der Waals surface area contributed by atoms with E-state index in [2.05, 4.69) is 23.0 Å². The van der Waals surface area contributed by atoms with Crippen molar-refractivity contribution in [2.24, 2.45) is 0 Å². The van der Waals surface area contributed by atoms with Crippen molar-refractivity contribution in [1.82, 2.24) is 14.8 Å². The van der Waals surface area contributed by atoms with Crippen molar-refractivity contribution in [1.29, 1.82) is 0 Å². The maximum absolute atomic E-state index is 12.5. The number of carbonyl (C=O) groups excluding carboxylic acids is 1. The van der Waals surface area contributed by atoms with Crippen LogP contribution in [0.25, 0.3) is 0 Å². The van der Waals surface area contributed by atoms with Crippen LogP contribution in [0.15, 0.2) is 36.0 Å². The molecule has 1 amide bonds. The summed E-state index contributed by atoms with van der Waals surface area (Å²) in [5.41, 5.74) is 2.82. The van der Waals surface area contributed by atoms with E-state index in [-0.39, 0.29) is 11.9 Å². The summed E-state index contributed by atoms with van der Waals surface area (Å²) in [5, 5.41) is 0. The molecule has 1 atom stereocenters. The Morgan fingerprint density at radius 1 is 1.36 bits per heavy atom. The first-order valence-corrected chi connectivity index (χ1v) is 8.09. The van der Waals surface area contributed by atoms with Crippen molar-refractivity contribution < 1.29 is 9.53 Å². The molecule has 0 aliphatic carbocycles. The Morgan fingerprint density at radius 2 is 2.18 bits per heavy atom. The second-order valence-corrected chi connectivity index (χ2v) is 6.24. The minimum atomic E-state index is 0.0653. The van der Waals surface area contributed by atoms with Crippen LogP contribution in [0.5, 0.6) is 5.75 Å². The van der Waals surface area contributed by atoms with Crippen LogP contribution >= 0.6 is 11.3 Å². The second-order valence-electron chi connectivity index (χ2n) is 5.36. The first-order chi connectivity index (χ1) is 10.7. The van der Waals surface area contributed by atoms with Gasteiger partial charge in [-0.15, -0.1) is 11.3 Å². The van der Waals surface area contributed by atoms with Gasteiger partial charge < -0.3 is 9.64 Å². The minimum absolute atomic E-state index is 0.0653. The third-order valence-electron chi connectivity index (χ3n) is 4.08. The molecule has 0 saturated carbocycles. The zero-order valence-corrected chi connectivity index (χ0v) is 13.5. The molecule has 116 valence electrons. The Balaban J connectivity index is 1.83. The van der Waals surface area contributed by atoms with Crippen LogP contribution in [0.4, 0.5) is 0 Å². The van der Waals surface area contributed by atoms with Gasteiger partial charge in [0.25, 0.3) is 5.91 Å². The molecule has 1 aromatic carbocycles. The Hall–Kier alpha value is -1.92. The highest BCUT2D eigenvalue weighted by atomic mass is 32.1. The number of hydrogen-bond donors (Lipinski definition) is 0. The van der Waals surface area contributed by atoms with Crippen LogP contribution in [-0.4, -0.2) is 54.5 Å². The molecule has 2 aromatic rings. The molecule has 0 radical (unpaired) electrons. The number of thiazole rings is 1. The van der Waals surface area contributed by atoms with E-state index in [0.717, 1.165) is 24.4 Å². The maximum Gasteiger partial charge on any atom is 0.265 e. The van der Waals surface area contributed by atoms with Gasteiger partial charge in [0.2, 0.25) is 0 Å². The number of nitrogens with zero attached hydrogens (tertiary/aromatic N) is 3. The number of benzene rings is 1. The molecule has 0 spiro atoms. The van der Waals surface area contributed by atoms with Crippen molar-refractivity contribution >= 4 is 17.2 Å². The predicted octanol–water partition coefficient (Wildman–Crippen LogP) is 2.28. The highest BCUT2D eigenvalue weighted by Crippen LogP contribution is 2.31. The van der Waals surface area contributed by atoms with Gasteiger partial charge >= 0.3 is 0 Å². The smallest absolute Gasteiger partial charge is 0.265 e. The van der Waals surface area contributed by atoms with Crippen molar-refractivity contribution in [3.05, 3.63) is 46.4 Å². The van der Waals surface area contributed by atoms with Crippen LogP contribution in [0.3, 0.4) is 0 Å². The maximum atomic E-state index is 12.5. The lowest BCUT2D eigenvalue weighted by molar-refractivity contribution is 0.0546. The number of hydrogen-bond acceptors (Lipinski definition) is 5. The van der Waals surface area contributed by atoms with E-state index < -0.39 is 0 Å². The second kappa shape index (κ2) is 6.46. The summed E-state index contributed by atoms with van der Waals surface area (Å²) >= 11 is 1.39. The van der Waals surface area contributed by atoms with Crippen molar-refractivity contribution in [2.45, 2.75) is 6.04 Å². The van der Waals surface area contributed by atoms with Gasteiger partial charge in [-0.05, 0) is 13.1 Å². The number of likely N-dealkylation sites (N-methyl/N-ethyl adjacent to an activating group) is 1. The molecular weight excluding hydrogens is 298 g/mol. The van der Waals surface area contributed by atoms with Crippen LogP contribution in [0.2, 0.25) is 0 Å². The molecule has 22 heavy (non-hydrogen) atoms. The van der Waals surface area contributed by atoms with Crippen LogP contribution in [-0.2, 0) is 0 Å². The molecule has 0 N–H and O–H groups in total. The zero-order valence-electron chi connectivity index (χ0n) is 12.7. The van der Waals surface area contributed by atoms with Gasteiger partial charge in [-0.1, -0.05) is 18.2 Å². The van der Waals surface area contributed by atoms with Gasteiger partial charge in [-0.25, -0.2) is 0 Å². The third kappa shape index (κ3) is 2.84. The summed E-state index contributed by atoms with van der Waals surface area (Å²) in [4.78, 5) is 21.4. The number of carbonyl (C=O) groups is 1. The topological polar surface area (TPSA) is 45.7 Å². The Kier molecular flexibility index (Phi) is 4.40. The summed E-state index contributed by atoms with van der Waals surface area (Å²) in [5.74, 6) is 0.932. The molecule has 1 aliphatic heterocycles. The molecule has 1 fully saturated rings. The van der Waals surface area contributed by atoms with E-state index in [4.69, 9.17) is 4.74 Å². The van der Waals surface area contributed by atoms with Gasteiger partial charge in [-0.2, -0.15) is 0 Å². The minimum Gasteiger partial charge on any atom is -0.496 e. The van der Waals surface area contributed by atoms with E-state index in [1.54, 1.807) is 18.8 Å².